The summed E-state index contributed by atoms with van der Waals surface area (Å²) in [5.41, 5.74) is 4.09. The standard InChI is InChI=1S/C14H13N3/c1-11-9-16-7-6-13(11)10-17-14-4-2-12(8-15)3-5-14/h2-7,9,17H,10H2,1H3. The van der Waals surface area contributed by atoms with Gasteiger partial charge in [-0.2, -0.15) is 5.26 Å². The molecule has 0 fully saturated rings. The Morgan fingerprint density at radius 1 is 1.24 bits per heavy atom. The predicted molar refractivity (Wildman–Crippen MR) is 67.5 cm³/mol. The van der Waals surface area contributed by atoms with E-state index in [2.05, 4.69) is 16.4 Å². The van der Waals surface area contributed by atoms with E-state index >= 15 is 0 Å². The van der Waals surface area contributed by atoms with Gasteiger partial charge in [0.2, 0.25) is 0 Å². The van der Waals surface area contributed by atoms with Crippen LogP contribution in [0.4, 0.5) is 5.69 Å². The number of nitrogens with one attached hydrogen (secondary N) is 1. The zero-order valence-electron chi connectivity index (χ0n) is 9.64. The van der Waals surface area contributed by atoms with Gasteiger partial charge in [0.25, 0.3) is 0 Å². The first-order chi connectivity index (χ1) is 8.29. The monoisotopic (exact) mass is 223 g/mol. The van der Waals surface area contributed by atoms with E-state index in [4.69, 9.17) is 5.26 Å². The number of nitrogens with zero attached hydrogens (tertiary/aromatic N) is 2. The van der Waals surface area contributed by atoms with Crippen LogP contribution in [0.1, 0.15) is 16.7 Å². The van der Waals surface area contributed by atoms with Gasteiger partial charge < -0.3 is 5.32 Å². The van der Waals surface area contributed by atoms with Crippen LogP contribution < -0.4 is 5.32 Å². The molecule has 1 N–H and O–H groups in total. The Balaban J connectivity index is 2.03. The quantitative estimate of drug-likeness (QED) is 0.870. The van der Waals surface area contributed by atoms with E-state index in [-0.39, 0.29) is 0 Å². The Morgan fingerprint density at radius 3 is 2.65 bits per heavy atom. The van der Waals surface area contributed by atoms with E-state index in [9.17, 15) is 0 Å². The predicted octanol–water partition coefficient (Wildman–Crippen LogP) is 2.87. The van der Waals surface area contributed by atoms with Crippen LogP contribution in [0.15, 0.2) is 42.7 Å². The number of anilines is 1. The van der Waals surface area contributed by atoms with Gasteiger partial charge in [0.05, 0.1) is 11.6 Å². The van der Waals surface area contributed by atoms with Crippen LogP contribution in [0.3, 0.4) is 0 Å². The number of rotatable bonds is 3. The summed E-state index contributed by atoms with van der Waals surface area (Å²) < 4.78 is 0. The lowest BCUT2D eigenvalue weighted by atomic mass is 10.1. The summed E-state index contributed by atoms with van der Waals surface area (Å²) in [6, 6.07) is 11.5. The molecule has 2 rings (SSSR count). The van der Waals surface area contributed by atoms with Crippen LogP contribution >= 0.6 is 0 Å². The van der Waals surface area contributed by atoms with Crippen molar-refractivity contribution in [1.29, 1.82) is 5.26 Å². The average Bonchev–Trinajstić information content (AvgIpc) is 2.38. The van der Waals surface area contributed by atoms with Crippen molar-refractivity contribution in [1.82, 2.24) is 4.98 Å². The normalized spacial score (nSPS) is 9.65. The molecule has 0 amide bonds. The first-order valence-electron chi connectivity index (χ1n) is 5.43. The molecule has 1 aromatic carbocycles. The largest absolute Gasteiger partial charge is 0.381 e. The summed E-state index contributed by atoms with van der Waals surface area (Å²) in [5.74, 6) is 0. The summed E-state index contributed by atoms with van der Waals surface area (Å²) in [6.45, 7) is 2.81. The molecule has 1 heterocycles. The molecular formula is C14H13N3. The minimum Gasteiger partial charge on any atom is -0.381 e. The summed E-state index contributed by atoms with van der Waals surface area (Å²) >= 11 is 0. The van der Waals surface area contributed by atoms with Crippen molar-refractivity contribution in [2.45, 2.75) is 13.5 Å². The molecule has 3 heteroatoms. The van der Waals surface area contributed by atoms with Crippen LogP contribution in [0, 0.1) is 18.3 Å². The van der Waals surface area contributed by atoms with Crippen molar-refractivity contribution < 1.29 is 0 Å². The van der Waals surface area contributed by atoms with E-state index in [0.717, 1.165) is 12.2 Å². The lowest BCUT2D eigenvalue weighted by Crippen LogP contribution is -2.01. The zero-order chi connectivity index (χ0) is 12.1. The maximum absolute atomic E-state index is 8.70. The molecule has 84 valence electrons. The van der Waals surface area contributed by atoms with Crippen LogP contribution in [0.5, 0.6) is 0 Å². The van der Waals surface area contributed by atoms with Gasteiger partial charge in [-0.05, 0) is 48.4 Å². The molecule has 0 saturated heterocycles. The van der Waals surface area contributed by atoms with E-state index in [0.29, 0.717) is 5.56 Å². The van der Waals surface area contributed by atoms with Gasteiger partial charge in [-0.3, -0.25) is 4.98 Å². The number of aromatic nitrogens is 1. The third kappa shape index (κ3) is 2.82. The highest BCUT2D eigenvalue weighted by molar-refractivity contribution is 5.47. The van der Waals surface area contributed by atoms with E-state index < -0.39 is 0 Å². The molecule has 0 unspecified atom stereocenters. The number of nitriles is 1. The highest BCUT2D eigenvalue weighted by Gasteiger charge is 1.98. The summed E-state index contributed by atoms with van der Waals surface area (Å²) in [5, 5.41) is 12.0. The zero-order valence-corrected chi connectivity index (χ0v) is 9.64. The van der Waals surface area contributed by atoms with Crippen LogP contribution in [0.25, 0.3) is 0 Å². The second kappa shape index (κ2) is 5.13. The summed E-state index contributed by atoms with van der Waals surface area (Å²) in [7, 11) is 0. The van der Waals surface area contributed by atoms with Gasteiger partial charge >= 0.3 is 0 Å². The van der Waals surface area contributed by atoms with E-state index in [1.165, 1.54) is 11.1 Å². The molecule has 0 aliphatic heterocycles. The Kier molecular flexibility index (Phi) is 3.37. The van der Waals surface area contributed by atoms with Gasteiger partial charge in [0.15, 0.2) is 0 Å². The molecule has 0 aliphatic rings. The molecular weight excluding hydrogens is 210 g/mol. The topological polar surface area (TPSA) is 48.7 Å². The number of hydrogen-bond acceptors (Lipinski definition) is 3. The first kappa shape index (κ1) is 11.2. The molecule has 0 bridgehead atoms. The molecule has 3 nitrogen and oxygen atoms in total. The minimum atomic E-state index is 0.677. The van der Waals surface area contributed by atoms with Gasteiger partial charge in [0, 0.05) is 24.6 Å². The fourth-order valence-electron chi connectivity index (χ4n) is 1.56. The molecule has 0 saturated carbocycles. The molecule has 17 heavy (non-hydrogen) atoms. The number of pyridine rings is 1. The molecule has 0 atom stereocenters. The number of benzene rings is 1. The van der Waals surface area contributed by atoms with Gasteiger partial charge in [-0.25, -0.2) is 0 Å². The third-order valence-electron chi connectivity index (χ3n) is 2.63. The van der Waals surface area contributed by atoms with Gasteiger partial charge in [-0.1, -0.05) is 0 Å². The fraction of sp³-hybridized carbons (Fsp3) is 0.143. The van der Waals surface area contributed by atoms with Crippen molar-refractivity contribution in [3.05, 3.63) is 59.4 Å². The van der Waals surface area contributed by atoms with Gasteiger partial charge in [0.1, 0.15) is 0 Å². The SMILES string of the molecule is Cc1cnccc1CNc1ccc(C#N)cc1. The highest BCUT2D eigenvalue weighted by Crippen LogP contribution is 2.12. The number of hydrogen-bond donors (Lipinski definition) is 1. The Hall–Kier alpha value is -2.34. The molecule has 1 aromatic heterocycles. The molecule has 0 aliphatic carbocycles. The van der Waals surface area contributed by atoms with E-state index in [1.807, 2.05) is 43.5 Å². The maximum Gasteiger partial charge on any atom is 0.0991 e. The Morgan fingerprint density at radius 2 is 2.00 bits per heavy atom. The average molecular weight is 223 g/mol. The lowest BCUT2D eigenvalue weighted by Gasteiger charge is -2.08. The second-order valence-electron chi connectivity index (χ2n) is 3.84. The Labute approximate surface area is 101 Å². The van der Waals surface area contributed by atoms with Crippen molar-refractivity contribution in [3.63, 3.8) is 0 Å². The number of aryl methyl sites for hydroxylation is 1. The summed E-state index contributed by atoms with van der Waals surface area (Å²) in [6.07, 6.45) is 3.65. The lowest BCUT2D eigenvalue weighted by molar-refractivity contribution is 1.09. The van der Waals surface area contributed by atoms with Crippen LogP contribution in [-0.2, 0) is 6.54 Å². The fourth-order valence-corrected chi connectivity index (χ4v) is 1.56. The Bertz CT molecular complexity index is 538. The third-order valence-corrected chi connectivity index (χ3v) is 2.63. The van der Waals surface area contributed by atoms with Crippen LogP contribution in [0.2, 0.25) is 0 Å². The van der Waals surface area contributed by atoms with Crippen molar-refractivity contribution in [2.75, 3.05) is 5.32 Å². The van der Waals surface area contributed by atoms with E-state index in [1.54, 1.807) is 6.20 Å². The van der Waals surface area contributed by atoms with Crippen molar-refractivity contribution >= 4 is 5.69 Å². The minimum absolute atomic E-state index is 0.677. The van der Waals surface area contributed by atoms with Crippen molar-refractivity contribution in [3.8, 4) is 6.07 Å². The first-order valence-corrected chi connectivity index (χ1v) is 5.43. The smallest absolute Gasteiger partial charge is 0.0991 e. The van der Waals surface area contributed by atoms with Gasteiger partial charge in [-0.15, -0.1) is 0 Å². The molecule has 0 spiro atoms. The molecule has 0 radical (unpaired) electrons. The molecule has 2 aromatic rings. The maximum atomic E-state index is 8.70. The summed E-state index contributed by atoms with van der Waals surface area (Å²) in [4.78, 5) is 4.06. The van der Waals surface area contributed by atoms with Crippen LogP contribution in [-0.4, -0.2) is 4.98 Å². The van der Waals surface area contributed by atoms with Crippen molar-refractivity contribution in [2.24, 2.45) is 0 Å². The highest BCUT2D eigenvalue weighted by atomic mass is 14.9. The second-order valence-corrected chi connectivity index (χ2v) is 3.84.